The van der Waals surface area contributed by atoms with Gasteiger partial charge in [-0.05, 0) is 20.3 Å². The summed E-state index contributed by atoms with van der Waals surface area (Å²) in [6, 6.07) is 0. The highest BCUT2D eigenvalue weighted by Gasteiger charge is 2.29. The van der Waals surface area contributed by atoms with Crippen LogP contribution in [0.3, 0.4) is 0 Å². The van der Waals surface area contributed by atoms with Gasteiger partial charge in [-0.25, -0.2) is 4.68 Å². The van der Waals surface area contributed by atoms with Crippen LogP contribution < -0.4 is 11.1 Å². The maximum atomic E-state index is 11.2. The Hall–Kier alpha value is -1.63. The summed E-state index contributed by atoms with van der Waals surface area (Å²) in [4.78, 5) is 10.8. The molecular formula is C11H21N5O2. The Morgan fingerprint density at radius 1 is 1.56 bits per heavy atom. The fourth-order valence-corrected chi connectivity index (χ4v) is 1.68. The first-order valence-electron chi connectivity index (χ1n) is 6.01. The molecule has 0 unspecified atom stereocenters. The van der Waals surface area contributed by atoms with Gasteiger partial charge in [-0.3, -0.25) is 10.1 Å². The minimum Gasteiger partial charge on any atom is -0.358 e. The molecule has 7 heteroatoms. The van der Waals surface area contributed by atoms with Crippen LogP contribution in [0.2, 0.25) is 0 Å². The minimum absolute atomic E-state index is 0.0564. The second-order valence-corrected chi connectivity index (χ2v) is 4.99. The summed E-state index contributed by atoms with van der Waals surface area (Å²) >= 11 is 0. The lowest BCUT2D eigenvalue weighted by Gasteiger charge is -2.24. The van der Waals surface area contributed by atoms with Crippen molar-refractivity contribution in [2.45, 2.75) is 39.2 Å². The molecular weight excluding hydrogens is 234 g/mol. The highest BCUT2D eigenvalue weighted by atomic mass is 16.6. The summed E-state index contributed by atoms with van der Waals surface area (Å²) in [5.41, 5.74) is 5.79. The number of hydrogen-bond acceptors (Lipinski definition) is 5. The van der Waals surface area contributed by atoms with Crippen LogP contribution in [0.25, 0.3) is 0 Å². The molecule has 18 heavy (non-hydrogen) atoms. The molecule has 3 N–H and O–H groups in total. The Morgan fingerprint density at radius 2 is 2.17 bits per heavy atom. The lowest BCUT2D eigenvalue weighted by molar-refractivity contribution is -0.384. The molecule has 0 saturated carbocycles. The number of rotatable bonds is 6. The van der Waals surface area contributed by atoms with E-state index in [1.807, 2.05) is 20.8 Å². The highest BCUT2D eigenvalue weighted by molar-refractivity contribution is 5.61. The van der Waals surface area contributed by atoms with Gasteiger partial charge in [0.15, 0.2) is 0 Å². The largest absolute Gasteiger partial charge is 0.358 e. The van der Waals surface area contributed by atoms with Gasteiger partial charge < -0.3 is 11.1 Å². The van der Waals surface area contributed by atoms with Crippen molar-refractivity contribution in [3.05, 3.63) is 15.8 Å². The summed E-state index contributed by atoms with van der Waals surface area (Å²) in [7, 11) is 1.70. The highest BCUT2D eigenvalue weighted by Crippen LogP contribution is 2.30. The van der Waals surface area contributed by atoms with E-state index >= 15 is 0 Å². The third kappa shape index (κ3) is 2.98. The van der Waals surface area contributed by atoms with E-state index in [9.17, 15) is 10.1 Å². The maximum Gasteiger partial charge on any atom is 0.334 e. The first-order valence-corrected chi connectivity index (χ1v) is 6.01. The molecule has 0 aromatic carbocycles. The zero-order valence-corrected chi connectivity index (χ0v) is 11.4. The Bertz CT molecular complexity index is 439. The van der Waals surface area contributed by atoms with Crippen LogP contribution in [-0.4, -0.2) is 26.8 Å². The summed E-state index contributed by atoms with van der Waals surface area (Å²) in [6.45, 7) is 6.13. The number of nitro groups is 1. The van der Waals surface area contributed by atoms with Crippen LogP contribution in [-0.2, 0) is 13.5 Å². The molecule has 0 atom stereocenters. The normalized spacial score (nSPS) is 11.6. The number of nitrogens with one attached hydrogen (secondary N) is 1. The van der Waals surface area contributed by atoms with Crippen molar-refractivity contribution in [2.24, 2.45) is 12.8 Å². The molecule has 0 saturated heterocycles. The van der Waals surface area contributed by atoms with Crippen molar-refractivity contribution < 1.29 is 4.92 Å². The van der Waals surface area contributed by atoms with E-state index in [0.717, 1.165) is 6.42 Å². The number of aromatic nitrogens is 2. The SMILES string of the molecule is CCCc1nn(C)c(NC(C)(C)CN)c1[N+](=O)[O-]. The fourth-order valence-electron chi connectivity index (χ4n) is 1.68. The maximum absolute atomic E-state index is 11.2. The van der Waals surface area contributed by atoms with Crippen molar-refractivity contribution in [2.75, 3.05) is 11.9 Å². The van der Waals surface area contributed by atoms with Gasteiger partial charge in [0.05, 0.1) is 4.92 Å². The third-order valence-electron chi connectivity index (χ3n) is 2.73. The van der Waals surface area contributed by atoms with E-state index in [1.54, 1.807) is 7.05 Å². The van der Waals surface area contributed by atoms with Crippen molar-refractivity contribution in [1.82, 2.24) is 9.78 Å². The van der Waals surface area contributed by atoms with E-state index in [0.29, 0.717) is 24.5 Å². The molecule has 0 aliphatic heterocycles. The molecule has 0 fully saturated rings. The predicted octanol–water partition coefficient (Wildman–Crippen LogP) is 1.43. The van der Waals surface area contributed by atoms with Gasteiger partial charge >= 0.3 is 5.69 Å². The molecule has 1 heterocycles. The zero-order valence-electron chi connectivity index (χ0n) is 11.4. The molecule has 0 aliphatic carbocycles. The average Bonchev–Trinajstić information content (AvgIpc) is 2.55. The first kappa shape index (κ1) is 14.4. The molecule has 0 radical (unpaired) electrons. The van der Waals surface area contributed by atoms with Gasteiger partial charge in [0, 0.05) is 19.1 Å². The van der Waals surface area contributed by atoms with Crippen LogP contribution in [0.1, 0.15) is 32.9 Å². The Balaban J connectivity index is 3.21. The van der Waals surface area contributed by atoms with Crippen LogP contribution in [0.15, 0.2) is 0 Å². The number of nitrogens with two attached hydrogens (primary N) is 1. The summed E-state index contributed by atoms with van der Waals surface area (Å²) in [5.74, 6) is 0.416. The smallest absolute Gasteiger partial charge is 0.334 e. The van der Waals surface area contributed by atoms with E-state index in [1.165, 1.54) is 4.68 Å². The monoisotopic (exact) mass is 255 g/mol. The molecule has 0 bridgehead atoms. The van der Waals surface area contributed by atoms with Gasteiger partial charge in [-0.15, -0.1) is 0 Å². The van der Waals surface area contributed by atoms with Crippen molar-refractivity contribution in [1.29, 1.82) is 0 Å². The number of nitrogens with zero attached hydrogens (tertiary/aromatic N) is 3. The van der Waals surface area contributed by atoms with Gasteiger partial charge in [0.1, 0.15) is 5.69 Å². The Kier molecular flexibility index (Phi) is 4.28. The second-order valence-electron chi connectivity index (χ2n) is 4.99. The number of hydrogen-bond donors (Lipinski definition) is 2. The van der Waals surface area contributed by atoms with Gasteiger partial charge in [0.25, 0.3) is 0 Å². The van der Waals surface area contributed by atoms with E-state index < -0.39 is 5.54 Å². The average molecular weight is 255 g/mol. The van der Waals surface area contributed by atoms with Crippen molar-refractivity contribution in [3.8, 4) is 0 Å². The molecule has 1 aromatic heterocycles. The van der Waals surface area contributed by atoms with Gasteiger partial charge in [-0.2, -0.15) is 5.10 Å². The Labute approximate surface area is 107 Å². The number of anilines is 1. The summed E-state index contributed by atoms with van der Waals surface area (Å²) in [6.07, 6.45) is 1.41. The lowest BCUT2D eigenvalue weighted by Crippen LogP contribution is -2.39. The summed E-state index contributed by atoms with van der Waals surface area (Å²) < 4.78 is 1.51. The number of aryl methyl sites for hydroxylation is 2. The van der Waals surface area contributed by atoms with Crippen LogP contribution >= 0.6 is 0 Å². The Morgan fingerprint density at radius 3 is 2.61 bits per heavy atom. The predicted molar refractivity (Wildman–Crippen MR) is 70.6 cm³/mol. The quantitative estimate of drug-likeness (QED) is 0.591. The van der Waals surface area contributed by atoms with Crippen LogP contribution in [0.4, 0.5) is 11.5 Å². The fraction of sp³-hybridized carbons (Fsp3) is 0.727. The van der Waals surface area contributed by atoms with E-state index in [4.69, 9.17) is 5.73 Å². The van der Waals surface area contributed by atoms with Gasteiger partial charge in [-0.1, -0.05) is 13.3 Å². The van der Waals surface area contributed by atoms with Crippen LogP contribution in [0, 0.1) is 10.1 Å². The first-order chi connectivity index (χ1) is 8.32. The standard InChI is InChI=1S/C11H21N5O2/c1-5-6-8-9(16(17)18)10(15(4)14-8)13-11(2,3)7-12/h13H,5-7,12H2,1-4H3. The lowest BCUT2D eigenvalue weighted by atomic mass is 10.1. The zero-order chi connectivity index (χ0) is 13.9. The molecule has 1 aromatic rings. The molecule has 1 rings (SSSR count). The molecule has 7 nitrogen and oxygen atoms in total. The van der Waals surface area contributed by atoms with E-state index in [-0.39, 0.29) is 10.6 Å². The third-order valence-corrected chi connectivity index (χ3v) is 2.73. The van der Waals surface area contributed by atoms with Crippen molar-refractivity contribution >= 4 is 11.5 Å². The topological polar surface area (TPSA) is 99.0 Å². The molecule has 102 valence electrons. The van der Waals surface area contributed by atoms with Crippen LogP contribution in [0.5, 0.6) is 0 Å². The summed E-state index contributed by atoms with van der Waals surface area (Å²) in [5, 5.41) is 18.5. The second kappa shape index (κ2) is 5.34. The molecule has 0 amide bonds. The van der Waals surface area contributed by atoms with Crippen molar-refractivity contribution in [3.63, 3.8) is 0 Å². The molecule has 0 aliphatic rings. The van der Waals surface area contributed by atoms with E-state index in [2.05, 4.69) is 10.4 Å². The minimum atomic E-state index is -0.415. The van der Waals surface area contributed by atoms with Gasteiger partial charge in [0.2, 0.25) is 5.82 Å². The molecule has 0 spiro atoms.